The van der Waals surface area contributed by atoms with Gasteiger partial charge in [0.25, 0.3) is 0 Å². The van der Waals surface area contributed by atoms with Gasteiger partial charge in [0, 0.05) is 6.04 Å². The third kappa shape index (κ3) is 3.22. The molecule has 1 saturated carbocycles. The third-order valence-corrected chi connectivity index (χ3v) is 3.56. The first-order valence-corrected chi connectivity index (χ1v) is 6.83. The maximum atomic E-state index is 11.8. The Kier molecular flexibility index (Phi) is 4.84. The lowest BCUT2D eigenvalue weighted by Gasteiger charge is -2.28. The predicted molar refractivity (Wildman–Crippen MR) is 75.2 cm³/mol. The van der Waals surface area contributed by atoms with Gasteiger partial charge in [-0.3, -0.25) is 0 Å². The minimum Gasteiger partial charge on any atom is -0.493 e. The van der Waals surface area contributed by atoms with Crippen LogP contribution >= 0.6 is 0 Å². The van der Waals surface area contributed by atoms with Gasteiger partial charge in [0.05, 0.1) is 14.2 Å². The molecule has 1 aliphatic carbocycles. The molecule has 2 rings (SSSR count). The molecule has 0 spiro atoms. The number of methoxy groups -OCH3 is 2. The number of ether oxygens (including phenoxy) is 3. The molecule has 0 aliphatic heterocycles. The van der Waals surface area contributed by atoms with Gasteiger partial charge >= 0.3 is 5.97 Å². The molecular formula is C15H21NO4. The van der Waals surface area contributed by atoms with E-state index in [0.717, 1.165) is 25.7 Å². The highest BCUT2D eigenvalue weighted by Crippen LogP contribution is 2.34. The molecule has 2 unspecified atom stereocenters. The molecule has 1 fully saturated rings. The fourth-order valence-electron chi connectivity index (χ4n) is 2.52. The van der Waals surface area contributed by atoms with Crippen LogP contribution in [0.3, 0.4) is 0 Å². The number of rotatable bonds is 4. The van der Waals surface area contributed by atoms with Crippen molar-refractivity contribution < 1.29 is 19.0 Å². The topological polar surface area (TPSA) is 70.8 Å². The number of hydrogen-bond donors (Lipinski definition) is 1. The van der Waals surface area contributed by atoms with E-state index < -0.39 is 5.97 Å². The van der Waals surface area contributed by atoms with E-state index in [-0.39, 0.29) is 12.1 Å². The number of carbonyl (C=O) groups excluding carboxylic acids is 1. The van der Waals surface area contributed by atoms with Crippen LogP contribution < -0.4 is 15.2 Å². The Hall–Kier alpha value is -1.75. The summed E-state index contributed by atoms with van der Waals surface area (Å²) in [6, 6.07) is 5.34. The van der Waals surface area contributed by atoms with Crippen molar-refractivity contribution >= 4 is 5.97 Å². The van der Waals surface area contributed by atoms with E-state index in [1.165, 1.54) is 7.11 Å². The molecule has 0 amide bonds. The van der Waals surface area contributed by atoms with E-state index >= 15 is 0 Å². The summed E-state index contributed by atoms with van der Waals surface area (Å²) in [4.78, 5) is 11.8. The number of para-hydroxylation sites is 1. The van der Waals surface area contributed by atoms with Gasteiger partial charge in [-0.1, -0.05) is 6.07 Å². The second kappa shape index (κ2) is 6.61. The Bertz CT molecular complexity index is 475. The molecular weight excluding hydrogens is 258 g/mol. The average molecular weight is 279 g/mol. The van der Waals surface area contributed by atoms with Crippen molar-refractivity contribution in [1.82, 2.24) is 0 Å². The van der Waals surface area contributed by atoms with E-state index in [9.17, 15) is 4.79 Å². The molecule has 20 heavy (non-hydrogen) atoms. The number of benzene rings is 1. The highest BCUT2D eigenvalue weighted by atomic mass is 16.5. The van der Waals surface area contributed by atoms with Crippen molar-refractivity contribution in [2.24, 2.45) is 5.73 Å². The molecule has 5 heteroatoms. The van der Waals surface area contributed by atoms with Crippen LogP contribution in [0.15, 0.2) is 18.2 Å². The normalized spacial score (nSPS) is 22.1. The van der Waals surface area contributed by atoms with Gasteiger partial charge in [-0.05, 0) is 37.8 Å². The first kappa shape index (κ1) is 14.7. The highest BCUT2D eigenvalue weighted by molar-refractivity contribution is 5.93. The van der Waals surface area contributed by atoms with Crippen LogP contribution in [0.4, 0.5) is 0 Å². The summed E-state index contributed by atoms with van der Waals surface area (Å²) in [7, 11) is 2.90. The van der Waals surface area contributed by atoms with Crippen LogP contribution in [-0.4, -0.2) is 32.3 Å². The number of carbonyl (C=O) groups is 1. The number of nitrogens with two attached hydrogens (primary N) is 1. The maximum absolute atomic E-state index is 11.8. The fraction of sp³-hybridized carbons (Fsp3) is 0.533. The van der Waals surface area contributed by atoms with Crippen LogP contribution in [0.1, 0.15) is 36.0 Å². The molecule has 0 bridgehead atoms. The van der Waals surface area contributed by atoms with Crippen molar-refractivity contribution in [2.45, 2.75) is 37.8 Å². The molecule has 2 N–H and O–H groups in total. The lowest BCUT2D eigenvalue weighted by atomic mass is 9.93. The van der Waals surface area contributed by atoms with Crippen LogP contribution in [0.5, 0.6) is 11.5 Å². The van der Waals surface area contributed by atoms with Gasteiger partial charge in [0.15, 0.2) is 11.5 Å². The second-order valence-corrected chi connectivity index (χ2v) is 5.00. The van der Waals surface area contributed by atoms with Crippen molar-refractivity contribution in [3.63, 3.8) is 0 Å². The van der Waals surface area contributed by atoms with E-state index in [1.54, 1.807) is 25.3 Å². The van der Waals surface area contributed by atoms with E-state index in [2.05, 4.69) is 0 Å². The summed E-state index contributed by atoms with van der Waals surface area (Å²) in [5.74, 6) is 0.548. The number of esters is 1. The van der Waals surface area contributed by atoms with Crippen molar-refractivity contribution in [3.8, 4) is 11.5 Å². The third-order valence-electron chi connectivity index (χ3n) is 3.56. The van der Waals surface area contributed by atoms with Gasteiger partial charge < -0.3 is 19.9 Å². The largest absolute Gasteiger partial charge is 0.493 e. The first-order valence-electron chi connectivity index (χ1n) is 6.83. The predicted octanol–water partition coefficient (Wildman–Crippen LogP) is 2.13. The van der Waals surface area contributed by atoms with Crippen LogP contribution in [-0.2, 0) is 4.74 Å². The van der Waals surface area contributed by atoms with Gasteiger partial charge in [-0.2, -0.15) is 0 Å². The molecule has 1 aromatic rings. The number of hydrogen-bond acceptors (Lipinski definition) is 5. The summed E-state index contributed by atoms with van der Waals surface area (Å²) in [5, 5.41) is 0. The zero-order valence-electron chi connectivity index (χ0n) is 11.9. The van der Waals surface area contributed by atoms with Crippen LogP contribution in [0.25, 0.3) is 0 Å². The molecule has 0 saturated heterocycles. The van der Waals surface area contributed by atoms with Crippen molar-refractivity contribution in [2.75, 3.05) is 14.2 Å². The lowest BCUT2D eigenvalue weighted by Crippen LogP contribution is -2.34. The summed E-state index contributed by atoms with van der Waals surface area (Å²) >= 11 is 0. The maximum Gasteiger partial charge on any atom is 0.341 e. The minimum atomic E-state index is -0.431. The fourth-order valence-corrected chi connectivity index (χ4v) is 2.52. The average Bonchev–Trinajstić information content (AvgIpc) is 2.46. The smallest absolute Gasteiger partial charge is 0.341 e. The van der Waals surface area contributed by atoms with E-state index in [1.807, 2.05) is 0 Å². The zero-order valence-corrected chi connectivity index (χ0v) is 11.9. The highest BCUT2D eigenvalue weighted by Gasteiger charge is 2.25. The summed E-state index contributed by atoms with van der Waals surface area (Å²) in [6.07, 6.45) is 3.80. The summed E-state index contributed by atoms with van der Waals surface area (Å²) in [6.45, 7) is 0. The Morgan fingerprint density at radius 3 is 2.75 bits per heavy atom. The van der Waals surface area contributed by atoms with Gasteiger partial charge in [-0.25, -0.2) is 4.79 Å². The molecule has 0 radical (unpaired) electrons. The monoisotopic (exact) mass is 279 g/mol. The Labute approximate surface area is 119 Å². The molecule has 0 heterocycles. The molecule has 2 atom stereocenters. The summed E-state index contributed by atoms with van der Waals surface area (Å²) < 4.78 is 16.1. The molecule has 1 aromatic carbocycles. The minimum absolute atomic E-state index is 0.0125. The standard InChI is InChI=1S/C15H21NO4/c1-18-13-8-4-7-12(15(17)19-2)14(13)20-11-6-3-5-10(16)9-11/h4,7-8,10-11H,3,5-6,9,16H2,1-2H3. The van der Waals surface area contributed by atoms with Gasteiger partial charge in [0.1, 0.15) is 11.7 Å². The van der Waals surface area contributed by atoms with Crippen LogP contribution in [0.2, 0.25) is 0 Å². The molecule has 0 aromatic heterocycles. The SMILES string of the molecule is COC(=O)c1cccc(OC)c1OC1CCCC(N)C1. The molecule has 110 valence electrons. The van der Waals surface area contributed by atoms with Crippen molar-refractivity contribution in [3.05, 3.63) is 23.8 Å². The quantitative estimate of drug-likeness (QED) is 0.855. The lowest BCUT2D eigenvalue weighted by molar-refractivity contribution is 0.0588. The Balaban J connectivity index is 2.26. The first-order chi connectivity index (χ1) is 9.65. The second-order valence-electron chi connectivity index (χ2n) is 5.00. The Morgan fingerprint density at radius 2 is 2.10 bits per heavy atom. The Morgan fingerprint density at radius 1 is 1.30 bits per heavy atom. The van der Waals surface area contributed by atoms with E-state index in [4.69, 9.17) is 19.9 Å². The van der Waals surface area contributed by atoms with Gasteiger partial charge in [-0.15, -0.1) is 0 Å². The molecule has 1 aliphatic rings. The summed E-state index contributed by atoms with van der Waals surface area (Å²) in [5.41, 5.74) is 6.35. The zero-order chi connectivity index (χ0) is 14.5. The van der Waals surface area contributed by atoms with Crippen molar-refractivity contribution in [1.29, 1.82) is 0 Å². The van der Waals surface area contributed by atoms with E-state index in [0.29, 0.717) is 17.1 Å². The van der Waals surface area contributed by atoms with Gasteiger partial charge in [0.2, 0.25) is 0 Å². The van der Waals surface area contributed by atoms with Crippen LogP contribution in [0, 0.1) is 0 Å². The molecule has 5 nitrogen and oxygen atoms in total.